The van der Waals surface area contributed by atoms with Crippen molar-refractivity contribution in [1.82, 2.24) is 4.31 Å². The Morgan fingerprint density at radius 2 is 1.96 bits per heavy atom. The molecule has 0 radical (unpaired) electrons. The monoisotopic (exact) mass is 338 g/mol. The van der Waals surface area contributed by atoms with E-state index in [0.717, 1.165) is 0 Å². The average Bonchev–Trinajstić information content (AvgIpc) is 2.53. The molecule has 1 amide bonds. The number of ether oxygens (including phenoxy) is 1. The van der Waals surface area contributed by atoms with E-state index in [0.29, 0.717) is 44.0 Å². The van der Waals surface area contributed by atoms with Gasteiger partial charge in [0.15, 0.2) is 0 Å². The molecule has 23 heavy (non-hydrogen) atoms. The van der Waals surface area contributed by atoms with Gasteiger partial charge < -0.3 is 10.1 Å². The van der Waals surface area contributed by atoms with Crippen LogP contribution < -0.4 is 10.1 Å². The van der Waals surface area contributed by atoms with Gasteiger partial charge in [-0.1, -0.05) is 12.7 Å². The van der Waals surface area contributed by atoms with E-state index in [-0.39, 0.29) is 11.8 Å². The zero-order valence-electron chi connectivity index (χ0n) is 13.2. The smallest absolute Gasteiger partial charge is 0.227 e. The predicted molar refractivity (Wildman–Crippen MR) is 89.9 cm³/mol. The molecule has 1 aromatic rings. The number of anilines is 1. The van der Waals surface area contributed by atoms with Crippen LogP contribution in [0.4, 0.5) is 5.69 Å². The third kappa shape index (κ3) is 5.07. The molecule has 0 bridgehead atoms. The topological polar surface area (TPSA) is 75.7 Å². The normalized spacial score (nSPS) is 16.7. The van der Waals surface area contributed by atoms with Crippen LogP contribution >= 0.6 is 0 Å². The SMILES string of the molecule is C=CCOc1ccc(NC(=O)C2CCN(S(C)(=O)=O)CC2)cc1. The Bertz CT molecular complexity index is 647. The molecule has 0 atom stereocenters. The van der Waals surface area contributed by atoms with E-state index >= 15 is 0 Å². The summed E-state index contributed by atoms with van der Waals surface area (Å²) in [4.78, 5) is 12.3. The summed E-state index contributed by atoms with van der Waals surface area (Å²) in [6, 6.07) is 7.13. The third-order valence-corrected chi connectivity index (χ3v) is 5.09. The minimum absolute atomic E-state index is 0.0714. The van der Waals surface area contributed by atoms with Crippen LogP contribution in [0.15, 0.2) is 36.9 Å². The molecule has 0 aromatic heterocycles. The first kappa shape index (κ1) is 17.5. The zero-order chi connectivity index (χ0) is 16.9. The summed E-state index contributed by atoms with van der Waals surface area (Å²) in [7, 11) is -3.17. The van der Waals surface area contributed by atoms with Gasteiger partial charge in [0.05, 0.1) is 6.26 Å². The lowest BCUT2D eigenvalue weighted by Crippen LogP contribution is -2.40. The molecule has 1 saturated heterocycles. The second-order valence-corrected chi connectivity index (χ2v) is 7.53. The molecule has 126 valence electrons. The van der Waals surface area contributed by atoms with E-state index in [1.807, 2.05) is 0 Å². The van der Waals surface area contributed by atoms with Crippen LogP contribution in [0, 0.1) is 5.92 Å². The van der Waals surface area contributed by atoms with Gasteiger partial charge in [0.1, 0.15) is 12.4 Å². The van der Waals surface area contributed by atoms with Crippen molar-refractivity contribution in [2.24, 2.45) is 5.92 Å². The van der Waals surface area contributed by atoms with Crippen molar-refractivity contribution < 1.29 is 17.9 Å². The largest absolute Gasteiger partial charge is 0.490 e. The van der Waals surface area contributed by atoms with Crippen LogP contribution in [0.25, 0.3) is 0 Å². The number of benzene rings is 1. The summed E-state index contributed by atoms with van der Waals surface area (Å²) in [5.41, 5.74) is 0.700. The number of hydrogen-bond donors (Lipinski definition) is 1. The number of nitrogens with one attached hydrogen (secondary N) is 1. The summed E-state index contributed by atoms with van der Waals surface area (Å²) >= 11 is 0. The summed E-state index contributed by atoms with van der Waals surface area (Å²) < 4.78 is 29.7. The molecule has 1 aromatic carbocycles. The molecule has 1 heterocycles. The Morgan fingerprint density at radius 1 is 1.35 bits per heavy atom. The van der Waals surface area contributed by atoms with Gasteiger partial charge >= 0.3 is 0 Å². The molecule has 7 heteroatoms. The minimum Gasteiger partial charge on any atom is -0.490 e. The van der Waals surface area contributed by atoms with Crippen LogP contribution in [0.5, 0.6) is 5.75 Å². The molecule has 0 aliphatic carbocycles. The molecule has 1 N–H and O–H groups in total. The highest BCUT2D eigenvalue weighted by Crippen LogP contribution is 2.22. The minimum atomic E-state index is -3.17. The van der Waals surface area contributed by atoms with Crippen LogP contribution in [0.1, 0.15) is 12.8 Å². The first-order valence-electron chi connectivity index (χ1n) is 7.50. The summed E-state index contributed by atoms with van der Waals surface area (Å²) in [6.07, 6.45) is 3.95. The summed E-state index contributed by atoms with van der Waals surface area (Å²) in [6.45, 7) is 4.81. The van der Waals surface area contributed by atoms with Gasteiger partial charge in [0.2, 0.25) is 15.9 Å². The molecule has 1 aliphatic heterocycles. The van der Waals surface area contributed by atoms with Crippen LogP contribution in [0.2, 0.25) is 0 Å². The van der Waals surface area contributed by atoms with Crippen molar-refractivity contribution in [3.63, 3.8) is 0 Å². The highest BCUT2D eigenvalue weighted by Gasteiger charge is 2.28. The lowest BCUT2D eigenvalue weighted by molar-refractivity contribution is -0.120. The standard InChI is InChI=1S/C16H22N2O4S/c1-3-12-22-15-6-4-14(5-7-15)17-16(19)13-8-10-18(11-9-13)23(2,20)21/h3-7,13H,1,8-12H2,2H3,(H,17,19). The van der Waals surface area contributed by atoms with E-state index in [4.69, 9.17) is 4.74 Å². The Hall–Kier alpha value is -1.86. The highest BCUT2D eigenvalue weighted by molar-refractivity contribution is 7.88. The van der Waals surface area contributed by atoms with Gasteiger partial charge in [-0.2, -0.15) is 0 Å². The highest BCUT2D eigenvalue weighted by atomic mass is 32.2. The molecule has 0 saturated carbocycles. The third-order valence-electron chi connectivity index (χ3n) is 3.78. The second kappa shape index (κ2) is 7.61. The first-order valence-corrected chi connectivity index (χ1v) is 9.34. The van der Waals surface area contributed by atoms with E-state index < -0.39 is 10.0 Å². The summed E-state index contributed by atoms with van der Waals surface area (Å²) in [5.74, 6) is 0.479. The fraction of sp³-hybridized carbons (Fsp3) is 0.438. The fourth-order valence-electron chi connectivity index (χ4n) is 2.48. The number of carbonyl (C=O) groups excluding carboxylic acids is 1. The average molecular weight is 338 g/mol. The number of amides is 1. The number of piperidine rings is 1. The molecular weight excluding hydrogens is 316 g/mol. The van der Waals surface area contributed by atoms with Crippen molar-refractivity contribution in [2.45, 2.75) is 12.8 Å². The van der Waals surface area contributed by atoms with Crippen LogP contribution in [0.3, 0.4) is 0 Å². The lowest BCUT2D eigenvalue weighted by Gasteiger charge is -2.29. The fourth-order valence-corrected chi connectivity index (χ4v) is 3.36. The predicted octanol–water partition coefficient (Wildman–Crippen LogP) is 1.86. The first-order chi connectivity index (χ1) is 10.9. The molecule has 0 spiro atoms. The van der Waals surface area contributed by atoms with Gasteiger partial charge in [-0.3, -0.25) is 4.79 Å². The van der Waals surface area contributed by atoms with Crippen molar-refractivity contribution in [3.8, 4) is 5.75 Å². The van der Waals surface area contributed by atoms with Crippen LogP contribution in [-0.4, -0.2) is 44.6 Å². The van der Waals surface area contributed by atoms with Gasteiger partial charge in [0.25, 0.3) is 0 Å². The Labute approximate surface area is 137 Å². The van der Waals surface area contributed by atoms with Gasteiger partial charge in [-0.25, -0.2) is 12.7 Å². The van der Waals surface area contributed by atoms with Gasteiger partial charge in [-0.15, -0.1) is 0 Å². The molecule has 2 rings (SSSR count). The Morgan fingerprint density at radius 3 is 2.48 bits per heavy atom. The number of nitrogens with zero attached hydrogens (tertiary/aromatic N) is 1. The maximum Gasteiger partial charge on any atom is 0.227 e. The Kier molecular flexibility index (Phi) is 5.79. The van der Waals surface area contributed by atoms with Gasteiger partial charge in [-0.05, 0) is 37.1 Å². The maximum atomic E-state index is 12.3. The lowest BCUT2D eigenvalue weighted by atomic mass is 9.97. The molecule has 6 nitrogen and oxygen atoms in total. The van der Waals surface area contributed by atoms with Crippen LogP contribution in [-0.2, 0) is 14.8 Å². The molecular formula is C16H22N2O4S. The van der Waals surface area contributed by atoms with Crippen molar-refractivity contribution in [3.05, 3.63) is 36.9 Å². The number of carbonyl (C=O) groups is 1. The number of sulfonamides is 1. The quantitative estimate of drug-likeness (QED) is 0.803. The van der Waals surface area contributed by atoms with E-state index in [1.54, 1.807) is 30.3 Å². The van der Waals surface area contributed by atoms with E-state index in [2.05, 4.69) is 11.9 Å². The number of hydrogen-bond acceptors (Lipinski definition) is 4. The van der Waals surface area contributed by atoms with E-state index in [1.165, 1.54) is 10.6 Å². The second-order valence-electron chi connectivity index (χ2n) is 5.55. The molecule has 1 aliphatic rings. The Balaban J connectivity index is 1.86. The van der Waals surface area contributed by atoms with Crippen molar-refractivity contribution in [1.29, 1.82) is 0 Å². The zero-order valence-corrected chi connectivity index (χ0v) is 14.0. The van der Waals surface area contributed by atoms with Crippen molar-refractivity contribution in [2.75, 3.05) is 31.3 Å². The maximum absolute atomic E-state index is 12.3. The van der Waals surface area contributed by atoms with E-state index in [9.17, 15) is 13.2 Å². The number of rotatable bonds is 6. The summed E-state index contributed by atoms with van der Waals surface area (Å²) in [5, 5.41) is 2.87. The molecule has 0 unspecified atom stereocenters. The molecule has 1 fully saturated rings. The van der Waals surface area contributed by atoms with Crippen molar-refractivity contribution >= 4 is 21.6 Å². The van der Waals surface area contributed by atoms with Gasteiger partial charge in [0, 0.05) is 24.7 Å².